The van der Waals surface area contributed by atoms with Gasteiger partial charge in [-0.3, -0.25) is 4.90 Å². The molecule has 1 atom stereocenters. The van der Waals surface area contributed by atoms with Gasteiger partial charge in [-0.2, -0.15) is 4.98 Å². The fourth-order valence-electron chi connectivity index (χ4n) is 2.76. The van der Waals surface area contributed by atoms with Crippen LogP contribution in [0.3, 0.4) is 0 Å². The average Bonchev–Trinajstić information content (AvgIpc) is 3.15. The van der Waals surface area contributed by atoms with E-state index in [0.717, 1.165) is 11.1 Å². The fraction of sp³-hybridized carbons (Fsp3) is 0.300. The van der Waals surface area contributed by atoms with Crippen molar-refractivity contribution in [2.24, 2.45) is 0 Å². The van der Waals surface area contributed by atoms with Crippen LogP contribution in [-0.4, -0.2) is 36.3 Å². The Bertz CT molecular complexity index is 896. The molecule has 1 aromatic heterocycles. The second-order valence-electron chi connectivity index (χ2n) is 6.22. The van der Waals surface area contributed by atoms with Crippen molar-refractivity contribution >= 4 is 0 Å². The van der Waals surface area contributed by atoms with Crippen LogP contribution in [0.5, 0.6) is 11.5 Å². The van der Waals surface area contributed by atoms with E-state index in [1.54, 1.807) is 38.5 Å². The van der Waals surface area contributed by atoms with E-state index < -0.39 is 0 Å². The maximum atomic E-state index is 13.1. The van der Waals surface area contributed by atoms with Crippen LogP contribution in [0.25, 0.3) is 11.4 Å². The molecule has 2 aromatic carbocycles. The van der Waals surface area contributed by atoms with Crippen molar-refractivity contribution in [1.82, 2.24) is 15.0 Å². The summed E-state index contributed by atoms with van der Waals surface area (Å²) in [6.45, 7) is 2.51. The molecule has 142 valence electrons. The molecule has 0 amide bonds. The summed E-state index contributed by atoms with van der Waals surface area (Å²) in [5.74, 6) is 1.97. The first-order valence-corrected chi connectivity index (χ1v) is 8.52. The van der Waals surface area contributed by atoms with Crippen LogP contribution in [-0.2, 0) is 6.54 Å². The summed E-state index contributed by atoms with van der Waals surface area (Å²) in [4.78, 5) is 6.52. The largest absolute Gasteiger partial charge is 0.493 e. The predicted molar refractivity (Wildman–Crippen MR) is 99.1 cm³/mol. The molecule has 0 aliphatic heterocycles. The van der Waals surface area contributed by atoms with Gasteiger partial charge in [0.25, 0.3) is 0 Å². The number of methoxy groups -OCH3 is 2. The van der Waals surface area contributed by atoms with Gasteiger partial charge in [0.05, 0.1) is 20.8 Å². The summed E-state index contributed by atoms with van der Waals surface area (Å²) >= 11 is 0. The molecule has 0 saturated heterocycles. The second-order valence-corrected chi connectivity index (χ2v) is 6.22. The monoisotopic (exact) mass is 371 g/mol. The van der Waals surface area contributed by atoms with Crippen molar-refractivity contribution < 1.29 is 18.4 Å². The minimum Gasteiger partial charge on any atom is -0.493 e. The number of hydrogen-bond donors (Lipinski definition) is 0. The van der Waals surface area contributed by atoms with Crippen molar-refractivity contribution in [2.75, 3.05) is 21.3 Å². The molecule has 0 aliphatic rings. The highest BCUT2D eigenvalue weighted by atomic mass is 19.1. The van der Waals surface area contributed by atoms with Crippen molar-refractivity contribution in [3.05, 3.63) is 59.7 Å². The Morgan fingerprint density at radius 1 is 1.07 bits per heavy atom. The summed E-state index contributed by atoms with van der Waals surface area (Å²) in [6.07, 6.45) is 0. The smallest absolute Gasteiger partial charge is 0.241 e. The molecule has 1 unspecified atom stereocenters. The predicted octanol–water partition coefficient (Wildman–Crippen LogP) is 4.09. The van der Waals surface area contributed by atoms with Crippen LogP contribution in [0.2, 0.25) is 0 Å². The van der Waals surface area contributed by atoms with Crippen molar-refractivity contribution in [1.29, 1.82) is 0 Å². The summed E-state index contributed by atoms with van der Waals surface area (Å²) in [7, 11) is 5.12. The molecule has 3 aromatic rings. The molecule has 0 aliphatic carbocycles. The van der Waals surface area contributed by atoms with Crippen LogP contribution in [0.4, 0.5) is 4.39 Å². The molecule has 0 radical (unpaired) electrons. The van der Waals surface area contributed by atoms with E-state index >= 15 is 0 Å². The zero-order chi connectivity index (χ0) is 19.4. The molecule has 6 nitrogen and oxygen atoms in total. The van der Waals surface area contributed by atoms with E-state index in [9.17, 15) is 4.39 Å². The number of benzene rings is 2. The lowest BCUT2D eigenvalue weighted by Gasteiger charge is -2.23. The number of ether oxygens (including phenoxy) is 2. The number of halogens is 1. The van der Waals surface area contributed by atoms with Gasteiger partial charge >= 0.3 is 0 Å². The molecule has 0 fully saturated rings. The summed E-state index contributed by atoms with van der Waals surface area (Å²) in [5.41, 5.74) is 1.79. The molecule has 1 heterocycles. The van der Waals surface area contributed by atoms with Crippen LogP contribution >= 0.6 is 0 Å². The van der Waals surface area contributed by atoms with Gasteiger partial charge < -0.3 is 14.0 Å². The fourth-order valence-corrected chi connectivity index (χ4v) is 2.76. The van der Waals surface area contributed by atoms with E-state index in [0.29, 0.717) is 29.8 Å². The third-order valence-corrected chi connectivity index (χ3v) is 4.51. The highest BCUT2D eigenvalue weighted by Gasteiger charge is 2.17. The summed E-state index contributed by atoms with van der Waals surface area (Å²) in [5, 5.41) is 4.06. The summed E-state index contributed by atoms with van der Waals surface area (Å²) in [6, 6.07) is 12.0. The number of nitrogens with zero attached hydrogens (tertiary/aromatic N) is 3. The first-order chi connectivity index (χ1) is 13.0. The van der Waals surface area contributed by atoms with Gasteiger partial charge in [0, 0.05) is 11.6 Å². The first kappa shape index (κ1) is 18.8. The lowest BCUT2D eigenvalue weighted by Crippen LogP contribution is -2.22. The highest BCUT2D eigenvalue weighted by molar-refractivity contribution is 5.60. The minimum atomic E-state index is -0.245. The highest BCUT2D eigenvalue weighted by Crippen LogP contribution is 2.31. The Labute approximate surface area is 157 Å². The Balaban J connectivity index is 1.73. The molecular weight excluding hydrogens is 349 g/mol. The third-order valence-electron chi connectivity index (χ3n) is 4.51. The molecular formula is C20H22FN3O3. The Morgan fingerprint density at radius 2 is 1.78 bits per heavy atom. The quantitative estimate of drug-likeness (QED) is 0.624. The number of aromatic nitrogens is 2. The maximum absolute atomic E-state index is 13.1. The second kappa shape index (κ2) is 8.18. The lowest BCUT2D eigenvalue weighted by molar-refractivity contribution is 0.216. The molecule has 27 heavy (non-hydrogen) atoms. The zero-order valence-corrected chi connectivity index (χ0v) is 15.8. The average molecular weight is 371 g/mol. The van der Waals surface area contributed by atoms with Crippen molar-refractivity contribution in [2.45, 2.75) is 19.5 Å². The van der Waals surface area contributed by atoms with E-state index in [2.05, 4.69) is 15.0 Å². The summed E-state index contributed by atoms with van der Waals surface area (Å²) < 4.78 is 29.0. The molecule has 7 heteroatoms. The van der Waals surface area contributed by atoms with E-state index in [-0.39, 0.29) is 11.9 Å². The van der Waals surface area contributed by atoms with E-state index in [1.165, 1.54) is 12.1 Å². The molecule has 0 saturated carbocycles. The van der Waals surface area contributed by atoms with Crippen molar-refractivity contribution in [3.63, 3.8) is 0 Å². The van der Waals surface area contributed by atoms with Gasteiger partial charge in [0.1, 0.15) is 5.82 Å². The van der Waals surface area contributed by atoms with E-state index in [1.807, 2.05) is 20.0 Å². The zero-order valence-electron chi connectivity index (χ0n) is 15.8. The Hall–Kier alpha value is -2.93. The Morgan fingerprint density at radius 3 is 2.44 bits per heavy atom. The number of rotatable bonds is 7. The van der Waals surface area contributed by atoms with Gasteiger partial charge in [-0.15, -0.1) is 0 Å². The first-order valence-electron chi connectivity index (χ1n) is 8.52. The standard InChI is InChI=1S/C20H22FN3O3/c1-13(14-5-8-16(21)9-6-14)24(2)12-19-22-20(23-27-19)15-7-10-17(25-3)18(11-15)26-4/h5-11,13H,12H2,1-4H3. The van der Waals surface area contributed by atoms with Gasteiger partial charge in [0.15, 0.2) is 11.5 Å². The lowest BCUT2D eigenvalue weighted by atomic mass is 10.1. The van der Waals surface area contributed by atoms with Crippen LogP contribution in [0.15, 0.2) is 47.0 Å². The molecule has 0 bridgehead atoms. The number of hydrogen-bond acceptors (Lipinski definition) is 6. The van der Waals surface area contributed by atoms with Gasteiger partial charge in [-0.1, -0.05) is 17.3 Å². The Kier molecular flexibility index (Phi) is 5.71. The third kappa shape index (κ3) is 4.25. The molecule has 0 N–H and O–H groups in total. The topological polar surface area (TPSA) is 60.6 Å². The van der Waals surface area contributed by atoms with Crippen LogP contribution in [0, 0.1) is 5.82 Å². The van der Waals surface area contributed by atoms with Gasteiger partial charge in [0.2, 0.25) is 11.7 Å². The molecule has 0 spiro atoms. The SMILES string of the molecule is COc1ccc(-c2noc(CN(C)C(C)c3ccc(F)cc3)n2)cc1OC. The van der Waals surface area contributed by atoms with Crippen molar-refractivity contribution in [3.8, 4) is 22.9 Å². The minimum absolute atomic E-state index is 0.0713. The molecule has 3 rings (SSSR count). The van der Waals surface area contributed by atoms with Crippen LogP contribution < -0.4 is 9.47 Å². The van der Waals surface area contributed by atoms with Crippen LogP contribution in [0.1, 0.15) is 24.4 Å². The maximum Gasteiger partial charge on any atom is 0.241 e. The van der Waals surface area contributed by atoms with Gasteiger partial charge in [-0.05, 0) is 49.9 Å². The van der Waals surface area contributed by atoms with Gasteiger partial charge in [-0.25, -0.2) is 4.39 Å². The normalized spacial score (nSPS) is 12.2. The van der Waals surface area contributed by atoms with E-state index in [4.69, 9.17) is 14.0 Å².